The van der Waals surface area contributed by atoms with E-state index in [2.05, 4.69) is 6.58 Å². The largest absolute Gasteiger partial charge is 0.454 e. The zero-order chi connectivity index (χ0) is 23.9. The van der Waals surface area contributed by atoms with Crippen LogP contribution in [-0.4, -0.2) is 41.5 Å². The molecule has 1 aromatic heterocycles. The van der Waals surface area contributed by atoms with Crippen LogP contribution in [-0.2, 0) is 29.1 Å². The van der Waals surface area contributed by atoms with Crippen molar-refractivity contribution in [2.24, 2.45) is 0 Å². The number of halogens is 1. The standard InChI is InChI=1S/C26H25FN2O4S/c1-2-11-28(25(30)14-19-5-8-21(27)9-6-19)17-26(31)29(16-22-4-3-12-34-22)15-20-7-10-23-24(13-20)33-18-32-23/h2-10,12-13H,1,11,14-18H2. The number of benzene rings is 2. The number of carbonyl (C=O) groups is 2. The first-order valence-electron chi connectivity index (χ1n) is 10.8. The molecule has 2 amide bonds. The van der Waals surface area contributed by atoms with Crippen LogP contribution < -0.4 is 9.47 Å². The van der Waals surface area contributed by atoms with Gasteiger partial charge in [0.2, 0.25) is 18.6 Å². The number of amides is 2. The molecule has 2 heterocycles. The van der Waals surface area contributed by atoms with Gasteiger partial charge in [-0.2, -0.15) is 0 Å². The summed E-state index contributed by atoms with van der Waals surface area (Å²) in [6, 6.07) is 15.3. The van der Waals surface area contributed by atoms with Crippen molar-refractivity contribution in [3.05, 3.63) is 94.5 Å². The number of thiophene rings is 1. The lowest BCUT2D eigenvalue weighted by atomic mass is 10.1. The van der Waals surface area contributed by atoms with E-state index in [-0.39, 0.29) is 43.9 Å². The van der Waals surface area contributed by atoms with Gasteiger partial charge in [-0.1, -0.05) is 30.3 Å². The highest BCUT2D eigenvalue weighted by Crippen LogP contribution is 2.33. The first-order valence-corrected chi connectivity index (χ1v) is 11.7. The van der Waals surface area contributed by atoms with Crippen LogP contribution in [0.15, 0.2) is 72.6 Å². The molecule has 0 fully saturated rings. The molecule has 4 rings (SSSR count). The summed E-state index contributed by atoms with van der Waals surface area (Å²) in [6.07, 6.45) is 1.67. The molecule has 34 heavy (non-hydrogen) atoms. The van der Waals surface area contributed by atoms with Crippen molar-refractivity contribution in [1.29, 1.82) is 0 Å². The van der Waals surface area contributed by atoms with Crippen molar-refractivity contribution in [1.82, 2.24) is 9.80 Å². The van der Waals surface area contributed by atoms with Gasteiger partial charge in [0.15, 0.2) is 11.5 Å². The molecule has 0 saturated heterocycles. The van der Waals surface area contributed by atoms with Gasteiger partial charge in [-0.25, -0.2) is 4.39 Å². The summed E-state index contributed by atoms with van der Waals surface area (Å²) in [5, 5.41) is 1.97. The molecule has 0 spiro atoms. The van der Waals surface area contributed by atoms with E-state index >= 15 is 0 Å². The highest BCUT2D eigenvalue weighted by Gasteiger charge is 2.23. The molecule has 0 unspecified atom stereocenters. The van der Waals surface area contributed by atoms with E-state index < -0.39 is 0 Å². The third kappa shape index (κ3) is 6.02. The van der Waals surface area contributed by atoms with Gasteiger partial charge in [0, 0.05) is 18.0 Å². The molecule has 6 nitrogen and oxygen atoms in total. The van der Waals surface area contributed by atoms with Gasteiger partial charge in [-0.15, -0.1) is 17.9 Å². The maximum atomic E-state index is 13.4. The van der Waals surface area contributed by atoms with E-state index in [4.69, 9.17) is 9.47 Å². The molecule has 0 aliphatic carbocycles. The van der Waals surface area contributed by atoms with Gasteiger partial charge < -0.3 is 19.3 Å². The fraction of sp³-hybridized carbons (Fsp3) is 0.231. The number of fused-ring (bicyclic) bond motifs is 1. The number of hydrogen-bond donors (Lipinski definition) is 0. The SMILES string of the molecule is C=CCN(CC(=O)N(Cc1ccc2c(c1)OCO2)Cc1cccs1)C(=O)Cc1ccc(F)cc1. The van der Waals surface area contributed by atoms with Crippen LogP contribution in [0.5, 0.6) is 11.5 Å². The smallest absolute Gasteiger partial charge is 0.242 e. The lowest BCUT2D eigenvalue weighted by Crippen LogP contribution is -2.43. The van der Waals surface area contributed by atoms with Crippen molar-refractivity contribution >= 4 is 23.2 Å². The predicted molar refractivity (Wildman–Crippen MR) is 128 cm³/mol. The van der Waals surface area contributed by atoms with Crippen molar-refractivity contribution in [2.45, 2.75) is 19.5 Å². The summed E-state index contributed by atoms with van der Waals surface area (Å²) < 4.78 is 24.0. The van der Waals surface area contributed by atoms with Gasteiger partial charge in [0.05, 0.1) is 13.0 Å². The zero-order valence-electron chi connectivity index (χ0n) is 18.6. The summed E-state index contributed by atoms with van der Waals surface area (Å²) >= 11 is 1.57. The lowest BCUT2D eigenvalue weighted by molar-refractivity contribution is -0.140. The maximum absolute atomic E-state index is 13.4. The van der Waals surface area contributed by atoms with Crippen LogP contribution in [0, 0.1) is 5.82 Å². The molecule has 2 aromatic carbocycles. The van der Waals surface area contributed by atoms with Gasteiger partial charge in [-0.05, 0) is 46.8 Å². The topological polar surface area (TPSA) is 59.1 Å². The summed E-state index contributed by atoms with van der Waals surface area (Å²) in [4.78, 5) is 30.6. The summed E-state index contributed by atoms with van der Waals surface area (Å²) in [6.45, 7) is 4.86. The normalized spacial score (nSPS) is 11.8. The molecular formula is C26H25FN2O4S. The number of carbonyl (C=O) groups excluding carboxylic acids is 2. The molecule has 0 bridgehead atoms. The molecule has 0 saturated carbocycles. The summed E-state index contributed by atoms with van der Waals surface area (Å²) in [5.41, 5.74) is 1.59. The minimum atomic E-state index is -0.359. The maximum Gasteiger partial charge on any atom is 0.242 e. The minimum absolute atomic E-state index is 0.0779. The van der Waals surface area contributed by atoms with Gasteiger partial charge >= 0.3 is 0 Å². The summed E-state index contributed by atoms with van der Waals surface area (Å²) in [5.74, 6) is 0.577. The van der Waals surface area contributed by atoms with Crippen molar-refractivity contribution < 1.29 is 23.5 Å². The molecule has 0 radical (unpaired) electrons. The second-order valence-corrected chi connectivity index (χ2v) is 8.92. The Hall–Kier alpha value is -3.65. The van der Waals surface area contributed by atoms with Crippen LogP contribution in [0.25, 0.3) is 0 Å². The van der Waals surface area contributed by atoms with Crippen molar-refractivity contribution in [3.8, 4) is 11.5 Å². The molecule has 1 aliphatic heterocycles. The Kier molecular flexibility index (Phi) is 7.59. The van der Waals surface area contributed by atoms with Gasteiger partial charge in [0.25, 0.3) is 0 Å². The Balaban J connectivity index is 1.48. The second-order valence-electron chi connectivity index (χ2n) is 7.88. The molecule has 176 valence electrons. The summed E-state index contributed by atoms with van der Waals surface area (Å²) in [7, 11) is 0. The molecular weight excluding hydrogens is 455 g/mol. The first kappa shape index (κ1) is 23.5. The molecule has 3 aromatic rings. The van der Waals surface area contributed by atoms with E-state index in [9.17, 15) is 14.0 Å². The number of nitrogens with zero attached hydrogens (tertiary/aromatic N) is 2. The van der Waals surface area contributed by atoms with Crippen LogP contribution >= 0.6 is 11.3 Å². The Morgan fingerprint density at radius 3 is 2.47 bits per heavy atom. The average molecular weight is 481 g/mol. The predicted octanol–water partition coefficient (Wildman–Crippen LogP) is 4.40. The minimum Gasteiger partial charge on any atom is -0.454 e. The van der Waals surface area contributed by atoms with E-state index in [1.54, 1.807) is 34.4 Å². The molecule has 1 aliphatic rings. The highest BCUT2D eigenvalue weighted by molar-refractivity contribution is 7.09. The number of hydrogen-bond acceptors (Lipinski definition) is 5. The zero-order valence-corrected chi connectivity index (χ0v) is 19.4. The fourth-order valence-electron chi connectivity index (χ4n) is 3.64. The van der Waals surface area contributed by atoms with E-state index in [1.165, 1.54) is 17.0 Å². The highest BCUT2D eigenvalue weighted by atomic mass is 32.1. The molecule has 0 atom stereocenters. The fourth-order valence-corrected chi connectivity index (χ4v) is 4.36. The Bertz CT molecular complexity index is 1150. The van der Waals surface area contributed by atoms with Crippen LogP contribution in [0.1, 0.15) is 16.0 Å². The number of ether oxygens (including phenoxy) is 2. The van der Waals surface area contributed by atoms with E-state index in [0.717, 1.165) is 10.4 Å². The first-order chi connectivity index (χ1) is 16.5. The molecule has 8 heteroatoms. The van der Waals surface area contributed by atoms with E-state index in [0.29, 0.717) is 30.2 Å². The van der Waals surface area contributed by atoms with Crippen LogP contribution in [0.2, 0.25) is 0 Å². The Labute approximate surface area is 201 Å². The monoisotopic (exact) mass is 480 g/mol. The second kappa shape index (κ2) is 11.0. The quantitative estimate of drug-likeness (QED) is 0.404. The van der Waals surface area contributed by atoms with E-state index in [1.807, 2.05) is 35.7 Å². The number of rotatable bonds is 10. The molecule has 0 N–H and O–H groups in total. The van der Waals surface area contributed by atoms with Gasteiger partial charge in [-0.3, -0.25) is 9.59 Å². The van der Waals surface area contributed by atoms with Gasteiger partial charge in [0.1, 0.15) is 12.4 Å². The third-order valence-corrected chi connectivity index (χ3v) is 6.25. The Morgan fingerprint density at radius 2 is 1.74 bits per heavy atom. The average Bonchev–Trinajstić information content (AvgIpc) is 3.51. The van der Waals surface area contributed by atoms with Crippen molar-refractivity contribution in [2.75, 3.05) is 19.9 Å². The van der Waals surface area contributed by atoms with Crippen LogP contribution in [0.4, 0.5) is 4.39 Å². The Morgan fingerprint density at radius 1 is 0.971 bits per heavy atom. The third-order valence-electron chi connectivity index (χ3n) is 5.39. The van der Waals surface area contributed by atoms with Crippen LogP contribution in [0.3, 0.4) is 0 Å². The lowest BCUT2D eigenvalue weighted by Gasteiger charge is -2.27. The van der Waals surface area contributed by atoms with Crippen molar-refractivity contribution in [3.63, 3.8) is 0 Å².